The molecule has 1 aliphatic carbocycles. The van der Waals surface area contributed by atoms with E-state index in [4.69, 9.17) is 10.9 Å². The Morgan fingerprint density at radius 2 is 2.24 bits per heavy atom. The van der Waals surface area contributed by atoms with Crippen LogP contribution >= 0.6 is 15.9 Å². The van der Waals surface area contributed by atoms with E-state index in [-0.39, 0.29) is 5.41 Å². The first-order valence-corrected chi connectivity index (χ1v) is 6.43. The Kier molecular flexibility index (Phi) is 3.16. The van der Waals surface area contributed by atoms with Crippen LogP contribution in [0.1, 0.15) is 30.7 Å². The average molecular weight is 301 g/mol. The number of halogens is 1. The highest BCUT2D eigenvalue weighted by atomic mass is 79.9. The Hall–Kier alpha value is -1.04. The van der Waals surface area contributed by atoms with Gasteiger partial charge < -0.3 is 10.9 Å². The number of hydrogen-bond acceptors (Lipinski definition) is 3. The summed E-state index contributed by atoms with van der Waals surface area (Å²) in [5.74, 6) is 0.308. The van der Waals surface area contributed by atoms with Gasteiger partial charge in [0, 0.05) is 18.7 Å². The molecule has 94 valence electrons. The largest absolute Gasteiger partial charge is 0.409 e. The minimum atomic E-state index is 0.138. The summed E-state index contributed by atoms with van der Waals surface area (Å²) in [6.07, 6.45) is 2.86. The molecule has 0 spiro atoms. The molecule has 0 radical (unpaired) electrons. The predicted octanol–water partition coefficient (Wildman–Crippen LogP) is 2.18. The van der Waals surface area contributed by atoms with E-state index in [0.717, 1.165) is 35.2 Å². The molecule has 3 N–H and O–H groups in total. The van der Waals surface area contributed by atoms with Crippen molar-refractivity contribution in [1.82, 2.24) is 9.78 Å². The Labute approximate surface area is 109 Å². The molecule has 0 aromatic carbocycles. The highest BCUT2D eigenvalue weighted by molar-refractivity contribution is 9.10. The minimum absolute atomic E-state index is 0.138. The zero-order valence-corrected chi connectivity index (χ0v) is 11.7. The van der Waals surface area contributed by atoms with Gasteiger partial charge in [-0.25, -0.2) is 0 Å². The molecule has 1 aromatic rings. The number of nitrogens with zero attached hydrogens (tertiary/aromatic N) is 3. The normalized spacial score (nSPS) is 18.4. The van der Waals surface area contributed by atoms with Crippen LogP contribution in [0.15, 0.2) is 9.63 Å². The summed E-state index contributed by atoms with van der Waals surface area (Å²) in [6, 6.07) is 0. The van der Waals surface area contributed by atoms with Crippen molar-refractivity contribution in [1.29, 1.82) is 0 Å². The van der Waals surface area contributed by atoms with Gasteiger partial charge >= 0.3 is 0 Å². The fourth-order valence-electron chi connectivity index (χ4n) is 2.13. The third kappa shape index (κ3) is 2.46. The van der Waals surface area contributed by atoms with Crippen molar-refractivity contribution in [2.24, 2.45) is 16.3 Å². The summed E-state index contributed by atoms with van der Waals surface area (Å²) in [5, 5.41) is 16.2. The Morgan fingerprint density at radius 3 is 2.65 bits per heavy atom. The lowest BCUT2D eigenvalue weighted by Crippen LogP contribution is -2.22. The van der Waals surface area contributed by atoms with E-state index in [1.54, 1.807) is 0 Å². The van der Waals surface area contributed by atoms with Crippen molar-refractivity contribution in [3.63, 3.8) is 0 Å². The minimum Gasteiger partial charge on any atom is -0.409 e. The third-order valence-corrected chi connectivity index (χ3v) is 4.57. The van der Waals surface area contributed by atoms with Crippen LogP contribution in [0.25, 0.3) is 0 Å². The molecule has 5 nitrogen and oxygen atoms in total. The van der Waals surface area contributed by atoms with E-state index < -0.39 is 0 Å². The molecule has 1 aliphatic rings. The molecule has 6 heteroatoms. The van der Waals surface area contributed by atoms with Gasteiger partial charge in [0.25, 0.3) is 0 Å². The van der Waals surface area contributed by atoms with Gasteiger partial charge in [0.1, 0.15) is 5.84 Å². The van der Waals surface area contributed by atoms with Crippen LogP contribution in [-0.4, -0.2) is 20.8 Å². The molecule has 0 aliphatic heterocycles. The van der Waals surface area contributed by atoms with Gasteiger partial charge in [0.15, 0.2) is 0 Å². The van der Waals surface area contributed by atoms with Crippen LogP contribution < -0.4 is 5.73 Å². The number of aromatic nitrogens is 2. The second-order valence-corrected chi connectivity index (χ2v) is 5.70. The second-order valence-electron chi connectivity index (χ2n) is 4.91. The van der Waals surface area contributed by atoms with Gasteiger partial charge in [0.05, 0.1) is 10.2 Å². The summed E-state index contributed by atoms with van der Waals surface area (Å²) in [7, 11) is 0. The third-order valence-electron chi connectivity index (χ3n) is 3.42. The predicted molar refractivity (Wildman–Crippen MR) is 69.1 cm³/mol. The summed E-state index contributed by atoms with van der Waals surface area (Å²) in [5.41, 5.74) is 7.86. The number of oxime groups is 1. The van der Waals surface area contributed by atoms with Crippen molar-refractivity contribution in [2.45, 2.75) is 39.7 Å². The fraction of sp³-hybridized carbons (Fsp3) is 0.636. The first kappa shape index (κ1) is 12.4. The number of amidine groups is 1. The van der Waals surface area contributed by atoms with Crippen molar-refractivity contribution in [3.05, 3.63) is 15.9 Å². The SMILES string of the molecule is Cc1nn(CC2(CC(N)=NO)CC2)c(C)c1Br. The van der Waals surface area contributed by atoms with Crippen LogP contribution in [0.3, 0.4) is 0 Å². The zero-order valence-electron chi connectivity index (χ0n) is 10.1. The van der Waals surface area contributed by atoms with E-state index in [2.05, 4.69) is 26.2 Å². The molecule has 0 bridgehead atoms. The lowest BCUT2D eigenvalue weighted by atomic mass is 10.0. The number of aryl methyl sites for hydroxylation is 1. The summed E-state index contributed by atoms with van der Waals surface area (Å²) >= 11 is 3.52. The standard InChI is InChI=1S/C11H17BrN4O/c1-7-10(12)8(2)16(14-7)6-11(3-4-11)5-9(13)15-17/h17H,3-6H2,1-2H3,(H2,13,15). The van der Waals surface area contributed by atoms with E-state index >= 15 is 0 Å². The molecule has 0 atom stereocenters. The van der Waals surface area contributed by atoms with E-state index in [9.17, 15) is 0 Å². The lowest BCUT2D eigenvalue weighted by Gasteiger charge is -2.15. The molecule has 2 rings (SSSR count). The maximum absolute atomic E-state index is 8.63. The zero-order chi connectivity index (χ0) is 12.6. The summed E-state index contributed by atoms with van der Waals surface area (Å²) < 4.78 is 3.08. The lowest BCUT2D eigenvalue weighted by molar-refractivity contribution is 0.312. The molecule has 1 fully saturated rings. The number of nitrogens with two attached hydrogens (primary N) is 1. The van der Waals surface area contributed by atoms with Crippen molar-refractivity contribution >= 4 is 21.8 Å². The van der Waals surface area contributed by atoms with Crippen molar-refractivity contribution in [3.8, 4) is 0 Å². The monoisotopic (exact) mass is 300 g/mol. The van der Waals surface area contributed by atoms with Gasteiger partial charge in [-0.05, 0) is 48.0 Å². The van der Waals surface area contributed by atoms with Gasteiger partial charge in [-0.15, -0.1) is 0 Å². The molecule has 1 aromatic heterocycles. The van der Waals surface area contributed by atoms with Crippen molar-refractivity contribution in [2.75, 3.05) is 0 Å². The van der Waals surface area contributed by atoms with Crippen LogP contribution in [0.4, 0.5) is 0 Å². The van der Waals surface area contributed by atoms with Gasteiger partial charge in [-0.1, -0.05) is 5.16 Å². The Morgan fingerprint density at radius 1 is 1.59 bits per heavy atom. The van der Waals surface area contributed by atoms with Gasteiger partial charge in [-0.2, -0.15) is 5.10 Å². The maximum atomic E-state index is 8.63. The van der Waals surface area contributed by atoms with E-state index in [1.807, 2.05) is 18.5 Å². The van der Waals surface area contributed by atoms with Crippen LogP contribution in [-0.2, 0) is 6.54 Å². The average Bonchev–Trinajstić information content (AvgIpc) is 3.00. The first-order valence-electron chi connectivity index (χ1n) is 5.63. The molecule has 1 saturated carbocycles. The summed E-state index contributed by atoms with van der Waals surface area (Å²) in [6.45, 7) is 4.86. The van der Waals surface area contributed by atoms with Gasteiger partial charge in [0.2, 0.25) is 0 Å². The molecule has 17 heavy (non-hydrogen) atoms. The number of rotatable bonds is 4. The van der Waals surface area contributed by atoms with Crippen LogP contribution in [0.5, 0.6) is 0 Å². The Bertz CT molecular complexity index is 462. The number of hydrogen-bond donors (Lipinski definition) is 2. The molecular weight excluding hydrogens is 284 g/mol. The quantitative estimate of drug-likeness (QED) is 0.387. The van der Waals surface area contributed by atoms with Crippen LogP contribution in [0.2, 0.25) is 0 Å². The molecular formula is C11H17BrN4O. The highest BCUT2D eigenvalue weighted by Gasteiger charge is 2.44. The second kappa shape index (κ2) is 4.33. The first-order chi connectivity index (χ1) is 7.97. The molecule has 0 saturated heterocycles. The van der Waals surface area contributed by atoms with Gasteiger partial charge in [-0.3, -0.25) is 4.68 Å². The Balaban J connectivity index is 2.13. The highest BCUT2D eigenvalue weighted by Crippen LogP contribution is 2.50. The van der Waals surface area contributed by atoms with E-state index in [0.29, 0.717) is 12.3 Å². The van der Waals surface area contributed by atoms with Crippen LogP contribution in [0, 0.1) is 19.3 Å². The maximum Gasteiger partial charge on any atom is 0.139 e. The molecule has 0 amide bonds. The van der Waals surface area contributed by atoms with E-state index in [1.165, 1.54) is 0 Å². The fourth-order valence-corrected chi connectivity index (χ4v) is 2.42. The molecule has 1 heterocycles. The van der Waals surface area contributed by atoms with Crippen molar-refractivity contribution < 1.29 is 5.21 Å². The topological polar surface area (TPSA) is 76.4 Å². The smallest absolute Gasteiger partial charge is 0.139 e. The summed E-state index contributed by atoms with van der Waals surface area (Å²) in [4.78, 5) is 0. The molecule has 0 unspecified atom stereocenters.